The standard InChI is InChI=1S/C8H13NO3/c1-4-7(9(3)5-10)6(2)8(11)12/h5H,4H2,1-3H3,(H,11,12)/b7-6+. The minimum absolute atomic E-state index is 0.215. The largest absolute Gasteiger partial charge is 0.478 e. The van der Waals surface area contributed by atoms with Crippen LogP contribution in [0.3, 0.4) is 0 Å². The van der Waals surface area contributed by atoms with Gasteiger partial charge in [-0.05, 0) is 13.3 Å². The van der Waals surface area contributed by atoms with E-state index >= 15 is 0 Å². The van der Waals surface area contributed by atoms with Gasteiger partial charge in [-0.2, -0.15) is 0 Å². The number of carbonyl (C=O) groups is 2. The van der Waals surface area contributed by atoms with Gasteiger partial charge in [0.25, 0.3) is 0 Å². The highest BCUT2D eigenvalue weighted by Gasteiger charge is 2.10. The summed E-state index contributed by atoms with van der Waals surface area (Å²) in [5.41, 5.74) is 0.754. The van der Waals surface area contributed by atoms with Gasteiger partial charge >= 0.3 is 5.97 Å². The van der Waals surface area contributed by atoms with Crippen LogP contribution >= 0.6 is 0 Å². The van der Waals surface area contributed by atoms with Crippen molar-refractivity contribution in [3.05, 3.63) is 11.3 Å². The Labute approximate surface area is 71.5 Å². The maximum absolute atomic E-state index is 10.5. The van der Waals surface area contributed by atoms with E-state index in [1.54, 1.807) is 0 Å². The lowest BCUT2D eigenvalue weighted by Crippen LogP contribution is -2.18. The third-order valence-electron chi connectivity index (χ3n) is 1.67. The molecule has 0 saturated carbocycles. The van der Waals surface area contributed by atoms with Crippen LogP contribution in [0.5, 0.6) is 0 Å². The summed E-state index contributed by atoms with van der Waals surface area (Å²) in [7, 11) is 1.54. The number of amides is 1. The van der Waals surface area contributed by atoms with E-state index in [-0.39, 0.29) is 5.57 Å². The van der Waals surface area contributed by atoms with Crippen LogP contribution in [-0.4, -0.2) is 29.4 Å². The van der Waals surface area contributed by atoms with E-state index in [1.807, 2.05) is 6.92 Å². The molecule has 68 valence electrons. The zero-order valence-corrected chi connectivity index (χ0v) is 7.50. The quantitative estimate of drug-likeness (QED) is 0.503. The van der Waals surface area contributed by atoms with Gasteiger partial charge in [0.05, 0.1) is 5.57 Å². The summed E-state index contributed by atoms with van der Waals surface area (Å²) >= 11 is 0. The Hall–Kier alpha value is -1.32. The van der Waals surface area contributed by atoms with Crippen molar-refractivity contribution in [3.63, 3.8) is 0 Å². The van der Waals surface area contributed by atoms with Gasteiger partial charge in [0, 0.05) is 12.7 Å². The van der Waals surface area contributed by atoms with Gasteiger partial charge in [0.1, 0.15) is 0 Å². The summed E-state index contributed by atoms with van der Waals surface area (Å²) < 4.78 is 0. The van der Waals surface area contributed by atoms with Crippen molar-refractivity contribution in [1.29, 1.82) is 0 Å². The van der Waals surface area contributed by atoms with Crippen molar-refractivity contribution in [3.8, 4) is 0 Å². The molecule has 4 nitrogen and oxygen atoms in total. The Morgan fingerprint density at radius 1 is 1.58 bits per heavy atom. The van der Waals surface area contributed by atoms with Crippen molar-refractivity contribution in [2.75, 3.05) is 7.05 Å². The maximum Gasteiger partial charge on any atom is 0.333 e. The number of rotatable bonds is 4. The molecule has 0 aliphatic rings. The van der Waals surface area contributed by atoms with Gasteiger partial charge in [-0.3, -0.25) is 4.79 Å². The number of hydrogen-bond acceptors (Lipinski definition) is 2. The molecule has 0 unspecified atom stereocenters. The molecule has 0 spiro atoms. The second-order valence-electron chi connectivity index (χ2n) is 2.45. The fourth-order valence-corrected chi connectivity index (χ4v) is 0.966. The lowest BCUT2D eigenvalue weighted by Gasteiger charge is -2.15. The normalized spacial score (nSPS) is 11.9. The molecule has 0 aliphatic heterocycles. The van der Waals surface area contributed by atoms with E-state index in [4.69, 9.17) is 5.11 Å². The first-order valence-electron chi connectivity index (χ1n) is 3.65. The smallest absolute Gasteiger partial charge is 0.333 e. The molecule has 12 heavy (non-hydrogen) atoms. The second-order valence-corrected chi connectivity index (χ2v) is 2.45. The minimum Gasteiger partial charge on any atom is -0.478 e. The molecular weight excluding hydrogens is 158 g/mol. The fraction of sp³-hybridized carbons (Fsp3) is 0.500. The lowest BCUT2D eigenvalue weighted by atomic mass is 10.2. The highest BCUT2D eigenvalue weighted by Crippen LogP contribution is 2.10. The fourth-order valence-electron chi connectivity index (χ4n) is 0.966. The van der Waals surface area contributed by atoms with Crippen LogP contribution in [0.15, 0.2) is 11.3 Å². The summed E-state index contributed by atoms with van der Waals surface area (Å²) in [6.45, 7) is 3.29. The molecule has 0 bridgehead atoms. The highest BCUT2D eigenvalue weighted by molar-refractivity contribution is 5.87. The molecule has 4 heteroatoms. The Bertz CT molecular complexity index is 220. The summed E-state index contributed by atoms with van der Waals surface area (Å²) in [5.74, 6) is -0.986. The number of carboxylic acid groups (broad SMARTS) is 1. The Kier molecular flexibility index (Phi) is 4.04. The Morgan fingerprint density at radius 3 is 2.33 bits per heavy atom. The molecule has 0 aromatic carbocycles. The minimum atomic E-state index is -0.986. The molecule has 0 saturated heterocycles. The first-order valence-corrected chi connectivity index (χ1v) is 3.65. The van der Waals surface area contributed by atoms with Crippen molar-refractivity contribution in [2.45, 2.75) is 20.3 Å². The van der Waals surface area contributed by atoms with Crippen molar-refractivity contribution in [2.24, 2.45) is 0 Å². The molecule has 0 atom stereocenters. The summed E-state index contributed by atoms with van der Waals surface area (Å²) in [4.78, 5) is 22.1. The molecule has 0 aromatic rings. The van der Waals surface area contributed by atoms with Crippen LogP contribution in [0.2, 0.25) is 0 Å². The van der Waals surface area contributed by atoms with Gasteiger partial charge < -0.3 is 10.0 Å². The molecule has 0 rings (SSSR count). The molecule has 0 fully saturated rings. The van der Waals surface area contributed by atoms with Gasteiger partial charge in [0.15, 0.2) is 0 Å². The summed E-state index contributed by atoms with van der Waals surface area (Å²) in [6, 6.07) is 0. The van der Waals surface area contributed by atoms with Gasteiger partial charge in [-0.25, -0.2) is 4.79 Å². The van der Waals surface area contributed by atoms with Crippen LogP contribution in [0.4, 0.5) is 0 Å². The predicted octanol–water partition coefficient (Wildman–Crippen LogP) is 0.843. The van der Waals surface area contributed by atoms with Gasteiger partial charge in [-0.15, -0.1) is 0 Å². The van der Waals surface area contributed by atoms with E-state index in [1.165, 1.54) is 18.9 Å². The third kappa shape index (κ3) is 2.38. The van der Waals surface area contributed by atoms with Crippen molar-refractivity contribution >= 4 is 12.4 Å². The zero-order chi connectivity index (χ0) is 9.72. The summed E-state index contributed by atoms with van der Waals surface area (Å²) in [6.07, 6.45) is 1.14. The van der Waals surface area contributed by atoms with Crippen LogP contribution in [0, 0.1) is 0 Å². The SMILES string of the molecule is CC/C(=C(/C)C(=O)O)N(C)C=O. The zero-order valence-electron chi connectivity index (χ0n) is 7.50. The topological polar surface area (TPSA) is 57.6 Å². The Morgan fingerprint density at radius 2 is 2.08 bits per heavy atom. The van der Waals surface area contributed by atoms with E-state index < -0.39 is 5.97 Å². The Balaban J connectivity index is 4.84. The van der Waals surface area contributed by atoms with E-state index in [0.29, 0.717) is 18.5 Å². The first kappa shape index (κ1) is 10.7. The van der Waals surface area contributed by atoms with E-state index in [2.05, 4.69) is 0 Å². The molecule has 0 aromatic heterocycles. The molecule has 0 heterocycles. The van der Waals surface area contributed by atoms with Gasteiger partial charge in [-0.1, -0.05) is 6.92 Å². The lowest BCUT2D eigenvalue weighted by molar-refractivity contribution is -0.132. The number of allylic oxidation sites excluding steroid dienone is 1. The molecule has 0 radical (unpaired) electrons. The number of hydrogen-bond donors (Lipinski definition) is 1. The molecular formula is C8H13NO3. The number of nitrogens with zero attached hydrogens (tertiary/aromatic N) is 1. The molecule has 1 amide bonds. The monoisotopic (exact) mass is 171 g/mol. The van der Waals surface area contributed by atoms with Crippen molar-refractivity contribution < 1.29 is 14.7 Å². The molecule has 0 aliphatic carbocycles. The van der Waals surface area contributed by atoms with Crippen LogP contribution in [0.1, 0.15) is 20.3 Å². The number of carboxylic acids is 1. The summed E-state index contributed by atoms with van der Waals surface area (Å²) in [5, 5.41) is 8.63. The maximum atomic E-state index is 10.5. The first-order chi connectivity index (χ1) is 5.54. The average Bonchev–Trinajstić information content (AvgIpc) is 2.05. The highest BCUT2D eigenvalue weighted by atomic mass is 16.4. The van der Waals surface area contributed by atoms with E-state index in [9.17, 15) is 9.59 Å². The molecule has 1 N–H and O–H groups in total. The van der Waals surface area contributed by atoms with Crippen LogP contribution < -0.4 is 0 Å². The third-order valence-corrected chi connectivity index (χ3v) is 1.67. The van der Waals surface area contributed by atoms with Gasteiger partial charge in [0.2, 0.25) is 6.41 Å². The number of aliphatic carboxylic acids is 1. The number of carbonyl (C=O) groups excluding carboxylic acids is 1. The van der Waals surface area contributed by atoms with Crippen LogP contribution in [0.25, 0.3) is 0 Å². The van der Waals surface area contributed by atoms with E-state index in [0.717, 1.165) is 0 Å². The average molecular weight is 171 g/mol. The van der Waals surface area contributed by atoms with Crippen molar-refractivity contribution in [1.82, 2.24) is 4.90 Å². The van der Waals surface area contributed by atoms with Crippen LogP contribution in [-0.2, 0) is 9.59 Å². The predicted molar refractivity (Wildman–Crippen MR) is 44.5 cm³/mol. The second kappa shape index (κ2) is 4.54.